The number of benzene rings is 1. The zero-order valence-corrected chi connectivity index (χ0v) is 12.9. The van der Waals surface area contributed by atoms with Gasteiger partial charge in [0.25, 0.3) is 0 Å². The lowest BCUT2D eigenvalue weighted by atomic mass is 9.90. The molecule has 24 heavy (non-hydrogen) atoms. The summed E-state index contributed by atoms with van der Waals surface area (Å²) in [5.41, 5.74) is 3.40. The second-order valence-electron chi connectivity index (χ2n) is 6.08. The summed E-state index contributed by atoms with van der Waals surface area (Å²) in [5.74, 6) is -1.28. The van der Waals surface area contributed by atoms with Crippen LogP contribution in [0.2, 0.25) is 0 Å². The van der Waals surface area contributed by atoms with Crippen LogP contribution in [0.15, 0.2) is 47.4 Å². The molecule has 7 nitrogen and oxygen atoms in total. The maximum atomic E-state index is 11.7. The van der Waals surface area contributed by atoms with Crippen LogP contribution in [0.1, 0.15) is 17.0 Å². The van der Waals surface area contributed by atoms with E-state index in [1.54, 1.807) is 12.4 Å². The monoisotopic (exact) mass is 324 g/mol. The van der Waals surface area contributed by atoms with Crippen LogP contribution < -0.4 is 0 Å². The first-order valence-electron chi connectivity index (χ1n) is 7.77. The fraction of sp³-hybridized carbons (Fsp3) is 0.294. The highest BCUT2D eigenvalue weighted by Crippen LogP contribution is 2.33. The number of pyridine rings is 1. The minimum Gasteiger partial charge on any atom is -0.481 e. The highest BCUT2D eigenvalue weighted by Gasteiger charge is 2.38. The van der Waals surface area contributed by atoms with Crippen molar-refractivity contribution in [1.82, 2.24) is 20.2 Å². The maximum absolute atomic E-state index is 11.7. The number of carbonyl (C=O) groups is 1. The number of rotatable bonds is 4. The summed E-state index contributed by atoms with van der Waals surface area (Å²) in [7, 11) is 0. The number of carboxylic acid groups (broad SMARTS) is 1. The lowest BCUT2D eigenvalue weighted by Crippen LogP contribution is -2.23. The molecule has 122 valence electrons. The molecule has 0 aliphatic carbocycles. The second kappa shape index (κ2) is 6.01. The highest BCUT2D eigenvalue weighted by molar-refractivity contribution is 5.76. The van der Waals surface area contributed by atoms with Gasteiger partial charge in [-0.15, -0.1) is 0 Å². The normalized spacial score (nSPS) is 21.3. The summed E-state index contributed by atoms with van der Waals surface area (Å²) in [4.78, 5) is 17.9. The van der Waals surface area contributed by atoms with Crippen molar-refractivity contribution in [2.45, 2.75) is 12.5 Å². The molecule has 0 saturated carbocycles. The summed E-state index contributed by atoms with van der Waals surface area (Å²) in [6, 6.07) is 9.51. The van der Waals surface area contributed by atoms with E-state index >= 15 is 0 Å². The van der Waals surface area contributed by atoms with Crippen molar-refractivity contribution >= 4 is 17.0 Å². The second-order valence-corrected chi connectivity index (χ2v) is 6.08. The maximum Gasteiger partial charge on any atom is 0.308 e. The van der Waals surface area contributed by atoms with E-state index in [1.165, 1.54) is 0 Å². The third-order valence-corrected chi connectivity index (χ3v) is 4.59. The Morgan fingerprint density at radius 1 is 1.25 bits per heavy atom. The minimum atomic E-state index is -0.771. The molecule has 1 aromatic carbocycles. The lowest BCUT2D eigenvalue weighted by Gasteiger charge is -2.16. The molecule has 2 atom stereocenters. The standard InChI is InChI=1S/C17H16N4O3/c22-17(23)14-10-21(9-13(14)11-4-2-6-18-7-11)8-12-3-1-5-15-16(12)20-24-19-15/h1-7,13-14H,8-10H2,(H,22,23)/t13-,14+/m0/s1. The summed E-state index contributed by atoms with van der Waals surface area (Å²) < 4.78 is 4.80. The van der Waals surface area contributed by atoms with E-state index in [0.717, 1.165) is 16.6 Å². The Kier molecular flexibility index (Phi) is 3.70. The number of aromatic nitrogens is 3. The zero-order chi connectivity index (χ0) is 16.5. The van der Waals surface area contributed by atoms with Crippen molar-refractivity contribution in [1.29, 1.82) is 0 Å². The number of hydrogen-bond acceptors (Lipinski definition) is 6. The van der Waals surface area contributed by atoms with Gasteiger partial charge in [-0.25, -0.2) is 4.63 Å². The van der Waals surface area contributed by atoms with Crippen LogP contribution in [0, 0.1) is 5.92 Å². The van der Waals surface area contributed by atoms with E-state index in [4.69, 9.17) is 4.63 Å². The van der Waals surface area contributed by atoms with Gasteiger partial charge in [0.15, 0.2) is 0 Å². The van der Waals surface area contributed by atoms with Crippen LogP contribution in [0.5, 0.6) is 0 Å². The molecule has 1 aliphatic heterocycles. The fourth-order valence-corrected chi connectivity index (χ4v) is 3.43. The molecular weight excluding hydrogens is 308 g/mol. The average molecular weight is 324 g/mol. The van der Waals surface area contributed by atoms with E-state index < -0.39 is 11.9 Å². The van der Waals surface area contributed by atoms with E-state index in [0.29, 0.717) is 25.2 Å². The van der Waals surface area contributed by atoms with Gasteiger partial charge in [0.05, 0.1) is 5.92 Å². The van der Waals surface area contributed by atoms with Crippen molar-refractivity contribution in [3.8, 4) is 0 Å². The number of nitrogens with zero attached hydrogens (tertiary/aromatic N) is 4. The molecule has 7 heteroatoms. The number of hydrogen-bond donors (Lipinski definition) is 1. The average Bonchev–Trinajstić information content (AvgIpc) is 3.23. The molecule has 1 fully saturated rings. The number of aliphatic carboxylic acids is 1. The molecule has 0 amide bonds. The van der Waals surface area contributed by atoms with Gasteiger partial charge in [0.2, 0.25) is 0 Å². The zero-order valence-electron chi connectivity index (χ0n) is 12.9. The summed E-state index contributed by atoms with van der Waals surface area (Å²) >= 11 is 0. The van der Waals surface area contributed by atoms with Gasteiger partial charge >= 0.3 is 5.97 Å². The van der Waals surface area contributed by atoms with Gasteiger partial charge in [0.1, 0.15) is 11.0 Å². The van der Waals surface area contributed by atoms with Crippen LogP contribution in [-0.4, -0.2) is 44.4 Å². The topological polar surface area (TPSA) is 92.3 Å². The largest absolute Gasteiger partial charge is 0.481 e. The number of carboxylic acids is 1. The summed E-state index contributed by atoms with van der Waals surface area (Å²) in [5, 5.41) is 17.4. The lowest BCUT2D eigenvalue weighted by molar-refractivity contribution is -0.141. The molecule has 0 bridgehead atoms. The van der Waals surface area contributed by atoms with Crippen molar-refractivity contribution in [3.05, 3.63) is 53.9 Å². The Bertz CT molecular complexity index is 864. The molecule has 4 rings (SSSR count). The third-order valence-electron chi connectivity index (χ3n) is 4.59. The smallest absolute Gasteiger partial charge is 0.308 e. The molecule has 1 aliphatic rings. The molecule has 0 spiro atoms. The Morgan fingerprint density at radius 3 is 2.96 bits per heavy atom. The van der Waals surface area contributed by atoms with Crippen molar-refractivity contribution in [2.24, 2.45) is 5.92 Å². The van der Waals surface area contributed by atoms with Crippen LogP contribution in [0.3, 0.4) is 0 Å². The van der Waals surface area contributed by atoms with E-state index in [9.17, 15) is 9.90 Å². The Labute approximate surface area is 137 Å². The molecule has 0 unspecified atom stereocenters. The summed E-state index contributed by atoms with van der Waals surface area (Å²) in [6.07, 6.45) is 3.46. The highest BCUT2D eigenvalue weighted by atomic mass is 16.6. The molecule has 3 aromatic rings. The first-order valence-corrected chi connectivity index (χ1v) is 7.77. The molecular formula is C17H16N4O3. The predicted octanol–water partition coefficient (Wildman–Crippen LogP) is 1.92. The summed E-state index contributed by atoms with van der Waals surface area (Å²) in [6.45, 7) is 1.78. The van der Waals surface area contributed by atoms with Crippen molar-refractivity contribution in [2.75, 3.05) is 13.1 Å². The predicted molar refractivity (Wildman–Crippen MR) is 85.2 cm³/mol. The van der Waals surface area contributed by atoms with Crippen LogP contribution >= 0.6 is 0 Å². The quantitative estimate of drug-likeness (QED) is 0.783. The van der Waals surface area contributed by atoms with Gasteiger partial charge in [-0.05, 0) is 33.6 Å². The first kappa shape index (κ1) is 14.8. The van der Waals surface area contributed by atoms with Gasteiger partial charge in [-0.1, -0.05) is 18.2 Å². The van der Waals surface area contributed by atoms with Gasteiger partial charge in [0, 0.05) is 37.9 Å². The number of fused-ring (bicyclic) bond motifs is 1. The van der Waals surface area contributed by atoms with E-state index in [-0.39, 0.29) is 5.92 Å². The van der Waals surface area contributed by atoms with Crippen molar-refractivity contribution < 1.29 is 14.5 Å². The van der Waals surface area contributed by atoms with Crippen molar-refractivity contribution in [3.63, 3.8) is 0 Å². The van der Waals surface area contributed by atoms with E-state index in [1.807, 2.05) is 30.3 Å². The van der Waals surface area contributed by atoms with Gasteiger partial charge < -0.3 is 5.11 Å². The van der Waals surface area contributed by atoms with Crippen LogP contribution in [0.4, 0.5) is 0 Å². The van der Waals surface area contributed by atoms with E-state index in [2.05, 4.69) is 20.2 Å². The van der Waals surface area contributed by atoms with Gasteiger partial charge in [-0.2, -0.15) is 0 Å². The number of likely N-dealkylation sites (tertiary alicyclic amines) is 1. The third kappa shape index (κ3) is 2.63. The molecule has 2 aromatic heterocycles. The molecule has 3 heterocycles. The Hall–Kier alpha value is -2.80. The Balaban J connectivity index is 1.59. The Morgan fingerprint density at radius 2 is 2.17 bits per heavy atom. The molecule has 1 N–H and O–H groups in total. The fourth-order valence-electron chi connectivity index (χ4n) is 3.43. The van der Waals surface area contributed by atoms with Crippen LogP contribution in [0.25, 0.3) is 11.0 Å². The van der Waals surface area contributed by atoms with Gasteiger partial charge in [-0.3, -0.25) is 14.7 Å². The minimum absolute atomic E-state index is 0.0640. The SMILES string of the molecule is O=C(O)[C@@H]1CN(Cc2cccc3nonc23)C[C@H]1c1cccnc1. The molecule has 0 radical (unpaired) electrons. The first-order chi connectivity index (χ1) is 11.7. The molecule has 1 saturated heterocycles. The van der Waals surface area contributed by atoms with Crippen LogP contribution in [-0.2, 0) is 11.3 Å².